The molecule has 1 aromatic heterocycles. The highest BCUT2D eigenvalue weighted by atomic mass is 19.1. The smallest absolute Gasteiger partial charge is 0.227 e. The van der Waals surface area contributed by atoms with Crippen LogP contribution < -0.4 is 5.32 Å². The van der Waals surface area contributed by atoms with Crippen LogP contribution in [0, 0.1) is 11.2 Å². The molecule has 2 N–H and O–H groups in total. The van der Waals surface area contributed by atoms with Crippen LogP contribution in [0.15, 0.2) is 12.1 Å². The number of hydrogen-bond donors (Lipinski definition) is 2. The molecule has 1 saturated carbocycles. The van der Waals surface area contributed by atoms with Crippen molar-refractivity contribution < 1.29 is 14.3 Å². The molecule has 0 radical (unpaired) electrons. The van der Waals surface area contributed by atoms with Crippen molar-refractivity contribution in [2.24, 2.45) is 5.41 Å². The zero-order chi connectivity index (χ0) is 19.3. The molecule has 0 spiro atoms. The Balaban J connectivity index is 2.08. The monoisotopic (exact) mass is 361 g/mol. The predicted octanol–water partition coefficient (Wildman–Crippen LogP) is 4.50. The van der Waals surface area contributed by atoms with Crippen molar-refractivity contribution in [3.63, 3.8) is 0 Å². The molecular weight excluding hydrogens is 333 g/mol. The number of aliphatic hydroxyl groups is 1. The Morgan fingerprint density at radius 2 is 1.96 bits per heavy atom. The average Bonchev–Trinajstić information content (AvgIpc) is 2.73. The fraction of sp³-hybridized carbons (Fsp3) is 0.600. The Morgan fingerprint density at radius 1 is 1.31 bits per heavy atom. The van der Waals surface area contributed by atoms with Crippen LogP contribution in [0.5, 0.6) is 0 Å². The van der Waals surface area contributed by atoms with Crippen LogP contribution in [0.2, 0.25) is 0 Å². The molecule has 0 saturated heterocycles. The van der Waals surface area contributed by atoms with Crippen LogP contribution in [-0.2, 0) is 10.4 Å². The molecule has 1 amide bonds. The fourth-order valence-corrected chi connectivity index (χ4v) is 3.26. The summed E-state index contributed by atoms with van der Waals surface area (Å²) in [5.74, 6) is -0.216. The maximum atomic E-state index is 14.7. The molecule has 6 heteroatoms. The molecule has 0 atom stereocenters. The van der Waals surface area contributed by atoms with E-state index in [2.05, 4.69) is 10.3 Å². The average molecular weight is 361 g/mol. The molecular formula is C20H28FN3O2. The van der Waals surface area contributed by atoms with E-state index in [0.29, 0.717) is 23.4 Å². The minimum Gasteiger partial charge on any atom is -0.386 e. The van der Waals surface area contributed by atoms with Crippen LogP contribution in [0.1, 0.15) is 71.9 Å². The third-order valence-electron chi connectivity index (χ3n) is 4.84. The highest BCUT2D eigenvalue weighted by molar-refractivity contribution is 5.92. The number of fused-ring (bicyclic) bond motifs is 1. The normalized spacial score (nSPS) is 16.0. The summed E-state index contributed by atoms with van der Waals surface area (Å²) >= 11 is 0. The number of hydrogen-bond acceptors (Lipinski definition) is 3. The van der Waals surface area contributed by atoms with E-state index in [9.17, 15) is 14.3 Å². The molecule has 142 valence electrons. The summed E-state index contributed by atoms with van der Waals surface area (Å²) in [5, 5.41) is 13.2. The first-order valence-corrected chi connectivity index (χ1v) is 9.20. The lowest BCUT2D eigenvalue weighted by Crippen LogP contribution is -2.24. The minimum absolute atomic E-state index is 0.128. The van der Waals surface area contributed by atoms with E-state index in [1.54, 1.807) is 19.9 Å². The summed E-state index contributed by atoms with van der Waals surface area (Å²) in [7, 11) is 0. The van der Waals surface area contributed by atoms with Gasteiger partial charge in [-0.1, -0.05) is 20.8 Å². The molecule has 0 unspecified atom stereocenters. The number of aromatic nitrogens is 2. The molecule has 3 rings (SSSR count). The zero-order valence-corrected chi connectivity index (χ0v) is 16.2. The van der Waals surface area contributed by atoms with E-state index < -0.39 is 11.4 Å². The van der Waals surface area contributed by atoms with E-state index in [1.165, 1.54) is 6.07 Å². The molecule has 1 heterocycles. The number of halogens is 1. The molecule has 2 aromatic rings. The Kier molecular flexibility index (Phi) is 4.59. The van der Waals surface area contributed by atoms with Gasteiger partial charge in [0.05, 0.1) is 11.1 Å². The summed E-state index contributed by atoms with van der Waals surface area (Å²) in [6.07, 6.45) is 3.41. The maximum Gasteiger partial charge on any atom is 0.227 e. The topological polar surface area (TPSA) is 67.2 Å². The van der Waals surface area contributed by atoms with Crippen molar-refractivity contribution in [1.29, 1.82) is 0 Å². The van der Waals surface area contributed by atoms with E-state index >= 15 is 0 Å². The van der Waals surface area contributed by atoms with Gasteiger partial charge in [0.1, 0.15) is 5.52 Å². The molecule has 26 heavy (non-hydrogen) atoms. The molecule has 5 nitrogen and oxygen atoms in total. The molecule has 1 aliphatic rings. The third kappa shape index (κ3) is 3.75. The van der Waals surface area contributed by atoms with E-state index in [0.717, 1.165) is 19.3 Å². The van der Waals surface area contributed by atoms with Crippen molar-refractivity contribution in [1.82, 2.24) is 9.55 Å². The molecule has 1 aliphatic carbocycles. The summed E-state index contributed by atoms with van der Waals surface area (Å²) in [6.45, 7) is 9.25. The molecule has 1 fully saturated rings. The lowest BCUT2D eigenvalue weighted by atomic mass is 9.91. The molecule has 1 aromatic carbocycles. The first kappa shape index (κ1) is 18.8. The van der Waals surface area contributed by atoms with Crippen molar-refractivity contribution in [3.8, 4) is 0 Å². The zero-order valence-electron chi connectivity index (χ0n) is 16.2. The SMILES string of the molecule is CC(C)(C)CC(=O)Nc1nc2c(F)cc(C(C)(C)O)cc2n1C1CCC1. The number of carbonyl (C=O) groups excluding carboxylic acids is 1. The predicted molar refractivity (Wildman–Crippen MR) is 101 cm³/mol. The van der Waals surface area contributed by atoms with Crippen LogP contribution in [0.25, 0.3) is 11.0 Å². The van der Waals surface area contributed by atoms with Gasteiger partial charge in [0.25, 0.3) is 0 Å². The number of anilines is 1. The highest BCUT2D eigenvalue weighted by Crippen LogP contribution is 2.39. The standard InChI is InChI=1S/C20H28FN3O2/c1-19(2,3)11-16(25)22-18-23-17-14(21)9-12(20(4,5)26)10-15(17)24(18)13-7-6-8-13/h9-10,13,26H,6-8,11H2,1-5H3,(H,22,23,25). The first-order chi connectivity index (χ1) is 12.0. The van der Waals surface area contributed by atoms with Crippen LogP contribution in [-0.4, -0.2) is 20.6 Å². The van der Waals surface area contributed by atoms with Crippen LogP contribution >= 0.6 is 0 Å². The van der Waals surface area contributed by atoms with Gasteiger partial charge in [-0.3, -0.25) is 10.1 Å². The number of nitrogens with one attached hydrogen (secondary N) is 1. The Bertz CT molecular complexity index is 839. The lowest BCUT2D eigenvalue weighted by Gasteiger charge is -2.29. The molecule has 0 bridgehead atoms. The highest BCUT2D eigenvalue weighted by Gasteiger charge is 2.29. The number of nitrogens with zero attached hydrogens (tertiary/aromatic N) is 2. The van der Waals surface area contributed by atoms with Gasteiger partial charge < -0.3 is 9.67 Å². The van der Waals surface area contributed by atoms with Gasteiger partial charge >= 0.3 is 0 Å². The van der Waals surface area contributed by atoms with Gasteiger partial charge in [-0.25, -0.2) is 9.37 Å². The van der Waals surface area contributed by atoms with E-state index in [-0.39, 0.29) is 22.9 Å². The first-order valence-electron chi connectivity index (χ1n) is 9.20. The second kappa shape index (κ2) is 6.34. The van der Waals surface area contributed by atoms with Crippen LogP contribution in [0.4, 0.5) is 10.3 Å². The van der Waals surface area contributed by atoms with Gasteiger partial charge in [-0.05, 0) is 56.2 Å². The third-order valence-corrected chi connectivity index (χ3v) is 4.84. The Hall–Kier alpha value is -1.95. The summed E-state index contributed by atoms with van der Waals surface area (Å²) < 4.78 is 16.6. The number of carbonyl (C=O) groups is 1. The van der Waals surface area contributed by atoms with Crippen molar-refractivity contribution in [3.05, 3.63) is 23.5 Å². The number of benzene rings is 1. The number of amides is 1. The summed E-state index contributed by atoms with van der Waals surface area (Å²) in [5.41, 5.74) is 0.0558. The Labute approximate surface area is 153 Å². The van der Waals surface area contributed by atoms with Crippen molar-refractivity contribution in [2.45, 2.75) is 71.9 Å². The van der Waals surface area contributed by atoms with Gasteiger partial charge in [0, 0.05) is 12.5 Å². The largest absolute Gasteiger partial charge is 0.386 e. The van der Waals surface area contributed by atoms with Crippen molar-refractivity contribution >= 4 is 22.9 Å². The van der Waals surface area contributed by atoms with E-state index in [4.69, 9.17) is 0 Å². The van der Waals surface area contributed by atoms with Crippen molar-refractivity contribution in [2.75, 3.05) is 5.32 Å². The fourth-order valence-electron chi connectivity index (χ4n) is 3.26. The lowest BCUT2D eigenvalue weighted by molar-refractivity contribution is -0.117. The van der Waals surface area contributed by atoms with Gasteiger partial charge in [0.15, 0.2) is 5.82 Å². The molecule has 0 aliphatic heterocycles. The number of rotatable bonds is 4. The van der Waals surface area contributed by atoms with Crippen LogP contribution in [0.3, 0.4) is 0 Å². The van der Waals surface area contributed by atoms with Gasteiger partial charge in [-0.15, -0.1) is 0 Å². The second-order valence-electron chi connectivity index (χ2n) is 9.06. The summed E-state index contributed by atoms with van der Waals surface area (Å²) in [6, 6.07) is 3.30. The van der Waals surface area contributed by atoms with E-state index in [1.807, 2.05) is 25.3 Å². The maximum absolute atomic E-state index is 14.7. The summed E-state index contributed by atoms with van der Waals surface area (Å²) in [4.78, 5) is 16.8. The van der Waals surface area contributed by atoms with Gasteiger partial charge in [-0.2, -0.15) is 0 Å². The quantitative estimate of drug-likeness (QED) is 0.842. The number of imidazole rings is 1. The minimum atomic E-state index is -1.15. The van der Waals surface area contributed by atoms with Gasteiger partial charge in [0.2, 0.25) is 11.9 Å². The second-order valence-corrected chi connectivity index (χ2v) is 9.06. The Morgan fingerprint density at radius 3 is 2.46 bits per heavy atom.